The highest BCUT2D eigenvalue weighted by atomic mass is 19.1. The molecule has 2 aromatic rings. The number of nitrogens with one attached hydrogen (secondary N) is 1. The molecule has 0 amide bonds. The smallest absolute Gasteiger partial charge is 0.338 e. The normalized spacial score (nSPS) is 18.4. The van der Waals surface area contributed by atoms with Gasteiger partial charge in [-0.2, -0.15) is 0 Å². The van der Waals surface area contributed by atoms with Gasteiger partial charge in [0.2, 0.25) is 0 Å². The molecular weight excluding hydrogens is 327 g/mol. The highest BCUT2D eigenvalue weighted by Gasteiger charge is 2.33. The second-order valence-corrected chi connectivity index (χ2v) is 6.36. The van der Waals surface area contributed by atoms with Crippen molar-refractivity contribution in [1.82, 2.24) is 9.88 Å². The lowest BCUT2D eigenvalue weighted by Gasteiger charge is -2.27. The van der Waals surface area contributed by atoms with Gasteiger partial charge in [0.25, 0.3) is 5.56 Å². The Hall–Kier alpha value is -2.54. The van der Waals surface area contributed by atoms with E-state index in [1.54, 1.807) is 0 Å². The van der Waals surface area contributed by atoms with Crippen LogP contribution in [0.3, 0.4) is 0 Å². The number of rotatable bonds is 4. The standard InChI is InChI=1S/C18H19FN2O4/c1-9-14(18(24)25)11-5-3-6-12(19)15(11)17(23)21(9)16(10(2)22)13-7-4-8-20-13/h3,5-6,13,16,20H,4,7-8H2,1-2H3,(H,24,25)/t13?,16-/m0/s1. The number of hydrogen-bond acceptors (Lipinski definition) is 4. The third-order valence-electron chi connectivity index (χ3n) is 4.83. The number of pyridine rings is 1. The van der Waals surface area contributed by atoms with E-state index in [2.05, 4.69) is 5.32 Å². The number of halogens is 1. The molecule has 2 atom stereocenters. The van der Waals surface area contributed by atoms with Crippen LogP contribution in [0.2, 0.25) is 0 Å². The van der Waals surface area contributed by atoms with Crippen LogP contribution in [0, 0.1) is 12.7 Å². The van der Waals surface area contributed by atoms with Crippen LogP contribution in [0.1, 0.15) is 41.9 Å². The molecular formula is C18H19FN2O4. The molecule has 2 N–H and O–H groups in total. The summed E-state index contributed by atoms with van der Waals surface area (Å²) in [5.74, 6) is -2.32. The molecule has 0 spiro atoms. The van der Waals surface area contributed by atoms with Gasteiger partial charge >= 0.3 is 5.97 Å². The van der Waals surface area contributed by atoms with E-state index < -0.39 is 23.4 Å². The van der Waals surface area contributed by atoms with E-state index in [4.69, 9.17) is 0 Å². The number of fused-ring (bicyclic) bond motifs is 1. The Kier molecular flexibility index (Phi) is 4.43. The Balaban J connectivity index is 2.42. The van der Waals surface area contributed by atoms with Crippen molar-refractivity contribution in [2.45, 2.75) is 38.8 Å². The Morgan fingerprint density at radius 3 is 2.68 bits per heavy atom. The van der Waals surface area contributed by atoms with E-state index in [0.717, 1.165) is 23.6 Å². The summed E-state index contributed by atoms with van der Waals surface area (Å²) in [5.41, 5.74) is -0.674. The first-order valence-electron chi connectivity index (χ1n) is 8.15. The molecule has 0 saturated carbocycles. The first-order chi connectivity index (χ1) is 11.8. The Bertz CT molecular complexity index is 929. The zero-order valence-corrected chi connectivity index (χ0v) is 14.0. The summed E-state index contributed by atoms with van der Waals surface area (Å²) in [5, 5.41) is 12.6. The summed E-state index contributed by atoms with van der Waals surface area (Å²) in [6.45, 7) is 3.57. The minimum absolute atomic E-state index is 0.0490. The van der Waals surface area contributed by atoms with E-state index in [1.807, 2.05) is 0 Å². The van der Waals surface area contributed by atoms with Crippen LogP contribution < -0.4 is 10.9 Å². The molecule has 1 fully saturated rings. The van der Waals surface area contributed by atoms with Gasteiger partial charge in [0.15, 0.2) is 5.78 Å². The predicted octanol–water partition coefficient (Wildman–Crippen LogP) is 2.03. The van der Waals surface area contributed by atoms with E-state index in [0.29, 0.717) is 6.42 Å². The summed E-state index contributed by atoms with van der Waals surface area (Å²) < 4.78 is 15.5. The second kappa shape index (κ2) is 6.40. The van der Waals surface area contributed by atoms with Crippen molar-refractivity contribution in [2.75, 3.05) is 6.54 Å². The van der Waals surface area contributed by atoms with Crippen molar-refractivity contribution in [3.05, 3.63) is 45.6 Å². The molecule has 0 aliphatic carbocycles. The maximum atomic E-state index is 14.3. The van der Waals surface area contributed by atoms with Gasteiger partial charge in [-0.05, 0) is 39.3 Å². The number of nitrogens with zero attached hydrogens (tertiary/aromatic N) is 1. The number of ketones is 1. The van der Waals surface area contributed by atoms with Crippen molar-refractivity contribution >= 4 is 22.5 Å². The molecule has 1 saturated heterocycles. The number of carboxylic acid groups (broad SMARTS) is 1. The third-order valence-corrected chi connectivity index (χ3v) is 4.83. The molecule has 25 heavy (non-hydrogen) atoms. The van der Waals surface area contributed by atoms with Gasteiger partial charge in [-0.25, -0.2) is 9.18 Å². The SMILES string of the molecule is CC(=O)[C@@H](C1CCCN1)n1c(C)c(C(=O)O)c2cccc(F)c2c1=O. The van der Waals surface area contributed by atoms with E-state index in [9.17, 15) is 23.9 Å². The largest absolute Gasteiger partial charge is 0.478 e. The fourth-order valence-electron chi connectivity index (χ4n) is 3.77. The molecule has 2 heterocycles. The summed E-state index contributed by atoms with van der Waals surface area (Å²) in [6, 6.07) is 2.76. The summed E-state index contributed by atoms with van der Waals surface area (Å²) in [4.78, 5) is 37.1. The van der Waals surface area contributed by atoms with Crippen molar-refractivity contribution in [3.63, 3.8) is 0 Å². The van der Waals surface area contributed by atoms with Gasteiger partial charge in [0.1, 0.15) is 11.9 Å². The van der Waals surface area contributed by atoms with E-state index in [-0.39, 0.29) is 33.9 Å². The average molecular weight is 346 g/mol. The Morgan fingerprint density at radius 2 is 2.12 bits per heavy atom. The van der Waals surface area contributed by atoms with Gasteiger partial charge < -0.3 is 10.4 Å². The van der Waals surface area contributed by atoms with Gasteiger partial charge in [0, 0.05) is 17.1 Å². The van der Waals surface area contributed by atoms with Crippen molar-refractivity contribution in [3.8, 4) is 0 Å². The zero-order chi connectivity index (χ0) is 18.3. The number of carbonyl (C=O) groups is 2. The Labute approximate surface area is 143 Å². The number of aromatic carboxylic acids is 1. The number of carboxylic acids is 1. The van der Waals surface area contributed by atoms with Crippen LogP contribution >= 0.6 is 0 Å². The molecule has 1 aliphatic heterocycles. The first kappa shape index (κ1) is 17.3. The highest BCUT2D eigenvalue weighted by molar-refractivity contribution is 6.04. The predicted molar refractivity (Wildman–Crippen MR) is 90.6 cm³/mol. The van der Waals surface area contributed by atoms with Crippen molar-refractivity contribution in [2.24, 2.45) is 0 Å². The van der Waals surface area contributed by atoms with E-state index in [1.165, 1.54) is 26.0 Å². The van der Waals surface area contributed by atoms with Crippen LogP contribution in [0.4, 0.5) is 4.39 Å². The summed E-state index contributed by atoms with van der Waals surface area (Å²) in [7, 11) is 0. The highest BCUT2D eigenvalue weighted by Crippen LogP contribution is 2.27. The average Bonchev–Trinajstić information content (AvgIpc) is 3.04. The quantitative estimate of drug-likeness (QED) is 0.884. The minimum Gasteiger partial charge on any atom is -0.478 e. The Morgan fingerprint density at radius 1 is 1.40 bits per heavy atom. The van der Waals surface area contributed by atoms with Crippen molar-refractivity contribution < 1.29 is 19.1 Å². The summed E-state index contributed by atoms with van der Waals surface area (Å²) in [6.07, 6.45) is 1.55. The number of carbonyl (C=O) groups excluding carboxylic acids is 1. The summed E-state index contributed by atoms with van der Waals surface area (Å²) >= 11 is 0. The number of benzene rings is 1. The lowest BCUT2D eigenvalue weighted by atomic mass is 9.98. The molecule has 3 rings (SSSR count). The van der Waals surface area contributed by atoms with Gasteiger partial charge in [-0.1, -0.05) is 12.1 Å². The second-order valence-electron chi connectivity index (χ2n) is 6.36. The fraction of sp³-hybridized carbons (Fsp3) is 0.389. The molecule has 1 unspecified atom stereocenters. The molecule has 132 valence electrons. The molecule has 1 aromatic heterocycles. The van der Waals surface area contributed by atoms with Crippen LogP contribution in [0.15, 0.2) is 23.0 Å². The maximum Gasteiger partial charge on any atom is 0.338 e. The van der Waals surface area contributed by atoms with Crippen LogP contribution in [-0.4, -0.2) is 34.0 Å². The minimum atomic E-state index is -1.26. The first-order valence-corrected chi connectivity index (χ1v) is 8.15. The topological polar surface area (TPSA) is 88.4 Å². The van der Waals surface area contributed by atoms with Crippen LogP contribution in [0.25, 0.3) is 10.8 Å². The van der Waals surface area contributed by atoms with Gasteiger partial charge in [-0.15, -0.1) is 0 Å². The molecule has 7 heteroatoms. The molecule has 0 radical (unpaired) electrons. The van der Waals surface area contributed by atoms with Crippen LogP contribution in [-0.2, 0) is 4.79 Å². The maximum absolute atomic E-state index is 14.3. The van der Waals surface area contributed by atoms with E-state index >= 15 is 0 Å². The van der Waals surface area contributed by atoms with Gasteiger partial charge in [0.05, 0.1) is 10.9 Å². The lowest BCUT2D eigenvalue weighted by Crippen LogP contribution is -2.43. The molecule has 0 bridgehead atoms. The number of aromatic nitrogens is 1. The third kappa shape index (κ3) is 2.74. The monoisotopic (exact) mass is 346 g/mol. The van der Waals surface area contributed by atoms with Crippen LogP contribution in [0.5, 0.6) is 0 Å². The molecule has 1 aliphatic rings. The fourth-order valence-corrected chi connectivity index (χ4v) is 3.77. The molecule has 6 nitrogen and oxygen atoms in total. The lowest BCUT2D eigenvalue weighted by molar-refractivity contribution is -0.120. The number of Topliss-reactive ketones (excluding diaryl/α,β-unsaturated/α-hetero) is 1. The zero-order valence-electron chi connectivity index (χ0n) is 14.0. The van der Waals surface area contributed by atoms with Gasteiger partial charge in [-0.3, -0.25) is 14.2 Å². The number of hydrogen-bond donors (Lipinski definition) is 2. The van der Waals surface area contributed by atoms with Crippen molar-refractivity contribution in [1.29, 1.82) is 0 Å². The molecule has 1 aromatic carbocycles.